The van der Waals surface area contributed by atoms with Crippen LogP contribution in [-0.2, 0) is 17.9 Å². The molecule has 1 fully saturated rings. The first kappa shape index (κ1) is 13.0. The molecule has 0 bridgehead atoms. The first-order valence-corrected chi connectivity index (χ1v) is 6.90. The van der Waals surface area contributed by atoms with Crippen molar-refractivity contribution in [3.63, 3.8) is 0 Å². The summed E-state index contributed by atoms with van der Waals surface area (Å²) in [5, 5.41) is 4.69. The van der Waals surface area contributed by atoms with E-state index < -0.39 is 0 Å². The van der Waals surface area contributed by atoms with Crippen molar-refractivity contribution in [2.24, 2.45) is 0 Å². The van der Waals surface area contributed by atoms with Gasteiger partial charge in [-0.1, -0.05) is 0 Å². The number of methoxy groups -OCH3 is 1. The highest BCUT2D eigenvalue weighted by Crippen LogP contribution is 2.18. The Morgan fingerprint density at radius 2 is 2.41 bits per heavy atom. The molecule has 4 nitrogen and oxygen atoms in total. The Kier molecular flexibility index (Phi) is 4.50. The Bertz CT molecular complexity index is 355. The van der Waals surface area contributed by atoms with Crippen molar-refractivity contribution in [1.82, 2.24) is 15.2 Å². The van der Waals surface area contributed by atoms with Gasteiger partial charge >= 0.3 is 0 Å². The second-order valence-electron chi connectivity index (χ2n) is 4.74. The highest BCUT2D eigenvalue weighted by Gasteiger charge is 2.22. The summed E-state index contributed by atoms with van der Waals surface area (Å²) in [4.78, 5) is 8.17. The molecule has 1 aliphatic rings. The Labute approximate surface area is 107 Å². The van der Waals surface area contributed by atoms with E-state index in [1.165, 1.54) is 9.88 Å². The zero-order chi connectivity index (χ0) is 12.3. The van der Waals surface area contributed by atoms with Gasteiger partial charge in [-0.2, -0.15) is 0 Å². The molecule has 2 rings (SSSR count). The first-order chi connectivity index (χ1) is 8.19. The lowest BCUT2D eigenvalue weighted by molar-refractivity contribution is 0.138. The van der Waals surface area contributed by atoms with Crippen molar-refractivity contribution in [1.29, 1.82) is 0 Å². The zero-order valence-corrected chi connectivity index (χ0v) is 11.6. The fourth-order valence-electron chi connectivity index (χ4n) is 2.12. The number of piperazine rings is 1. The van der Waals surface area contributed by atoms with Crippen LogP contribution in [0.3, 0.4) is 0 Å². The predicted octanol–water partition coefficient (Wildman–Crippen LogP) is 1.47. The summed E-state index contributed by atoms with van der Waals surface area (Å²) < 4.78 is 5.12. The van der Waals surface area contributed by atoms with Crippen molar-refractivity contribution < 1.29 is 4.74 Å². The van der Waals surface area contributed by atoms with E-state index in [4.69, 9.17) is 4.74 Å². The van der Waals surface area contributed by atoms with Gasteiger partial charge in [-0.25, -0.2) is 4.98 Å². The van der Waals surface area contributed by atoms with E-state index in [9.17, 15) is 0 Å². The van der Waals surface area contributed by atoms with Gasteiger partial charge in [0.05, 0.1) is 18.0 Å². The third-order valence-corrected chi connectivity index (χ3v) is 4.08. The quantitative estimate of drug-likeness (QED) is 0.884. The average Bonchev–Trinajstić information content (AvgIpc) is 2.72. The van der Waals surface area contributed by atoms with Crippen LogP contribution in [0.4, 0.5) is 0 Å². The summed E-state index contributed by atoms with van der Waals surface area (Å²) in [6.07, 6.45) is 1.93. The number of hydrogen-bond acceptors (Lipinski definition) is 5. The molecule has 1 aliphatic heterocycles. The Morgan fingerprint density at radius 3 is 3.18 bits per heavy atom. The molecule has 0 amide bonds. The second kappa shape index (κ2) is 5.91. The van der Waals surface area contributed by atoms with Crippen LogP contribution >= 0.6 is 11.3 Å². The highest BCUT2D eigenvalue weighted by molar-refractivity contribution is 7.11. The molecular formula is C12H21N3OS. The molecule has 1 aromatic rings. The van der Waals surface area contributed by atoms with Crippen LogP contribution in [0.2, 0.25) is 0 Å². The van der Waals surface area contributed by atoms with Crippen molar-refractivity contribution >= 4 is 11.3 Å². The Balaban J connectivity index is 1.94. The molecule has 2 unspecified atom stereocenters. The zero-order valence-electron chi connectivity index (χ0n) is 10.8. The monoisotopic (exact) mass is 255 g/mol. The standard InChI is InChI=1S/C12H21N3OS/c1-9-6-15(10(2)4-13-9)7-12-14-5-11(17-12)8-16-3/h5,9-10,13H,4,6-8H2,1-3H3. The van der Waals surface area contributed by atoms with Gasteiger partial charge in [0.2, 0.25) is 0 Å². The first-order valence-electron chi connectivity index (χ1n) is 6.09. The van der Waals surface area contributed by atoms with Gasteiger partial charge in [0.15, 0.2) is 0 Å². The number of aromatic nitrogens is 1. The molecular weight excluding hydrogens is 234 g/mol. The number of rotatable bonds is 4. The van der Waals surface area contributed by atoms with E-state index in [0.717, 1.165) is 19.6 Å². The lowest BCUT2D eigenvalue weighted by atomic mass is 10.1. The Hall–Kier alpha value is -0.490. The maximum atomic E-state index is 5.12. The van der Waals surface area contributed by atoms with Crippen LogP contribution < -0.4 is 5.32 Å². The molecule has 2 atom stereocenters. The van der Waals surface area contributed by atoms with Gasteiger partial charge < -0.3 is 10.1 Å². The van der Waals surface area contributed by atoms with Crippen molar-refractivity contribution in [2.75, 3.05) is 20.2 Å². The lowest BCUT2D eigenvalue weighted by Crippen LogP contribution is -2.53. The molecule has 96 valence electrons. The molecule has 1 aromatic heterocycles. The third-order valence-electron chi connectivity index (χ3n) is 3.12. The van der Waals surface area contributed by atoms with Crippen LogP contribution in [0.25, 0.3) is 0 Å². The molecule has 0 saturated carbocycles. The van der Waals surface area contributed by atoms with Gasteiger partial charge in [-0.05, 0) is 13.8 Å². The lowest BCUT2D eigenvalue weighted by Gasteiger charge is -2.36. The number of thiazole rings is 1. The summed E-state index contributed by atoms with van der Waals surface area (Å²) in [6.45, 7) is 8.30. The molecule has 0 spiro atoms. The SMILES string of the molecule is COCc1cnc(CN2CC(C)NCC2C)s1. The van der Waals surface area contributed by atoms with Crippen molar-refractivity contribution in [3.05, 3.63) is 16.1 Å². The smallest absolute Gasteiger partial charge is 0.107 e. The highest BCUT2D eigenvalue weighted by atomic mass is 32.1. The Morgan fingerprint density at radius 1 is 1.59 bits per heavy atom. The summed E-state index contributed by atoms with van der Waals surface area (Å²) in [5.41, 5.74) is 0. The van der Waals surface area contributed by atoms with Crippen LogP contribution in [0.15, 0.2) is 6.20 Å². The maximum absolute atomic E-state index is 5.12. The van der Waals surface area contributed by atoms with Crippen LogP contribution in [-0.4, -0.2) is 42.2 Å². The third kappa shape index (κ3) is 3.48. The molecule has 5 heteroatoms. The van der Waals surface area contributed by atoms with E-state index in [1.807, 2.05) is 6.20 Å². The summed E-state index contributed by atoms with van der Waals surface area (Å²) >= 11 is 1.76. The average molecular weight is 255 g/mol. The fourth-order valence-corrected chi connectivity index (χ4v) is 3.04. The number of nitrogens with one attached hydrogen (secondary N) is 1. The van der Waals surface area contributed by atoms with Crippen LogP contribution in [0.1, 0.15) is 23.7 Å². The fraction of sp³-hybridized carbons (Fsp3) is 0.750. The second-order valence-corrected chi connectivity index (χ2v) is 5.94. The number of hydrogen-bond donors (Lipinski definition) is 1. The summed E-state index contributed by atoms with van der Waals surface area (Å²) in [6, 6.07) is 1.16. The largest absolute Gasteiger partial charge is 0.379 e. The van der Waals surface area contributed by atoms with E-state index in [1.54, 1.807) is 18.4 Å². The van der Waals surface area contributed by atoms with Gasteiger partial charge in [-0.3, -0.25) is 4.90 Å². The topological polar surface area (TPSA) is 37.4 Å². The van der Waals surface area contributed by atoms with Gasteiger partial charge in [0, 0.05) is 38.5 Å². The van der Waals surface area contributed by atoms with E-state index in [2.05, 4.69) is 29.0 Å². The number of nitrogens with zero attached hydrogens (tertiary/aromatic N) is 2. The maximum Gasteiger partial charge on any atom is 0.107 e. The summed E-state index contributed by atoms with van der Waals surface area (Å²) in [5.74, 6) is 0. The van der Waals surface area contributed by atoms with Gasteiger partial charge in [0.25, 0.3) is 0 Å². The molecule has 0 aliphatic carbocycles. The van der Waals surface area contributed by atoms with Crippen LogP contribution in [0.5, 0.6) is 0 Å². The predicted molar refractivity (Wildman–Crippen MR) is 70.2 cm³/mol. The molecule has 0 radical (unpaired) electrons. The van der Waals surface area contributed by atoms with E-state index in [0.29, 0.717) is 18.7 Å². The minimum absolute atomic E-state index is 0.574. The van der Waals surface area contributed by atoms with Crippen molar-refractivity contribution in [2.45, 2.75) is 39.1 Å². The molecule has 2 heterocycles. The van der Waals surface area contributed by atoms with Crippen LogP contribution in [0, 0.1) is 0 Å². The van der Waals surface area contributed by atoms with Gasteiger partial charge in [-0.15, -0.1) is 11.3 Å². The minimum Gasteiger partial charge on any atom is -0.379 e. The molecule has 1 saturated heterocycles. The molecule has 0 aromatic carbocycles. The number of ether oxygens (including phenoxy) is 1. The minimum atomic E-state index is 0.574. The van der Waals surface area contributed by atoms with E-state index in [-0.39, 0.29) is 0 Å². The van der Waals surface area contributed by atoms with Crippen molar-refractivity contribution in [3.8, 4) is 0 Å². The molecule has 17 heavy (non-hydrogen) atoms. The molecule has 1 N–H and O–H groups in total. The van der Waals surface area contributed by atoms with Gasteiger partial charge in [0.1, 0.15) is 5.01 Å². The summed E-state index contributed by atoms with van der Waals surface area (Å²) in [7, 11) is 1.72. The van der Waals surface area contributed by atoms with E-state index >= 15 is 0 Å². The normalized spacial score (nSPS) is 26.3.